The Kier molecular flexibility index (Phi) is 6.79. The first-order chi connectivity index (χ1) is 13.1. The first kappa shape index (κ1) is 19.3. The molecule has 6 nitrogen and oxygen atoms in total. The molecule has 1 saturated heterocycles. The Morgan fingerprint density at radius 1 is 1.15 bits per heavy atom. The lowest BCUT2D eigenvalue weighted by Crippen LogP contribution is -2.39. The van der Waals surface area contributed by atoms with Crippen LogP contribution in [0.5, 0.6) is 0 Å². The molecule has 3 rings (SSSR count). The largest absolute Gasteiger partial charge is 0.445 e. The van der Waals surface area contributed by atoms with Crippen LogP contribution >= 0.6 is 0 Å². The molecule has 0 saturated carbocycles. The Balaban J connectivity index is 1.53. The second kappa shape index (κ2) is 9.48. The van der Waals surface area contributed by atoms with Crippen molar-refractivity contribution in [3.8, 4) is 0 Å². The summed E-state index contributed by atoms with van der Waals surface area (Å²) in [7, 11) is 3.71. The zero-order valence-corrected chi connectivity index (χ0v) is 16.0. The molecule has 1 atom stereocenters. The summed E-state index contributed by atoms with van der Waals surface area (Å²) in [6, 6.07) is 13.8. The van der Waals surface area contributed by atoms with Crippen LogP contribution in [0.25, 0.3) is 0 Å². The normalized spacial score (nSPS) is 17.1. The first-order valence-corrected chi connectivity index (χ1v) is 9.32. The number of hydroxylamine groups is 2. The van der Waals surface area contributed by atoms with E-state index in [9.17, 15) is 4.79 Å². The summed E-state index contributed by atoms with van der Waals surface area (Å²) in [4.78, 5) is 24.2. The number of ether oxygens (including phenoxy) is 1. The van der Waals surface area contributed by atoms with Crippen molar-refractivity contribution in [3.05, 3.63) is 65.5 Å². The van der Waals surface area contributed by atoms with Gasteiger partial charge in [0.2, 0.25) is 0 Å². The highest BCUT2D eigenvalue weighted by Gasteiger charge is 2.26. The van der Waals surface area contributed by atoms with Crippen LogP contribution in [0.2, 0.25) is 0 Å². The predicted octanol–water partition coefficient (Wildman–Crippen LogP) is 3.59. The fraction of sp³-hybridized carbons (Fsp3) is 0.429. The maximum Gasteiger partial charge on any atom is 0.410 e. The number of benzene rings is 1. The minimum absolute atomic E-state index is 0.242. The van der Waals surface area contributed by atoms with Crippen LogP contribution in [0.3, 0.4) is 0 Å². The fourth-order valence-corrected chi connectivity index (χ4v) is 3.16. The monoisotopic (exact) mass is 369 g/mol. The quantitative estimate of drug-likeness (QED) is 0.729. The van der Waals surface area contributed by atoms with Crippen molar-refractivity contribution < 1.29 is 14.4 Å². The molecule has 1 aliphatic heterocycles. The number of pyridine rings is 1. The molecular weight excluding hydrogens is 342 g/mol. The van der Waals surface area contributed by atoms with Crippen molar-refractivity contribution in [1.82, 2.24) is 14.9 Å². The third-order valence-corrected chi connectivity index (χ3v) is 4.64. The van der Waals surface area contributed by atoms with Crippen LogP contribution in [-0.2, 0) is 22.8 Å². The molecule has 1 aromatic carbocycles. The van der Waals surface area contributed by atoms with Gasteiger partial charge in [-0.3, -0.25) is 9.82 Å². The van der Waals surface area contributed by atoms with Crippen molar-refractivity contribution in [2.45, 2.75) is 32.0 Å². The van der Waals surface area contributed by atoms with E-state index in [4.69, 9.17) is 9.57 Å². The van der Waals surface area contributed by atoms with Crippen LogP contribution in [-0.4, -0.2) is 48.2 Å². The summed E-state index contributed by atoms with van der Waals surface area (Å²) in [5, 5.41) is 1.67. The van der Waals surface area contributed by atoms with Crippen LogP contribution in [0.4, 0.5) is 4.79 Å². The highest BCUT2D eigenvalue weighted by Crippen LogP contribution is 2.26. The average molecular weight is 369 g/mol. The van der Waals surface area contributed by atoms with Gasteiger partial charge in [-0.25, -0.2) is 4.79 Å². The highest BCUT2D eigenvalue weighted by molar-refractivity contribution is 5.67. The minimum atomic E-state index is -0.250. The molecule has 0 radical (unpaired) electrons. The van der Waals surface area contributed by atoms with E-state index in [1.54, 1.807) is 9.96 Å². The Bertz CT molecular complexity index is 719. The van der Waals surface area contributed by atoms with Crippen molar-refractivity contribution in [2.24, 2.45) is 0 Å². The first-order valence-electron chi connectivity index (χ1n) is 9.32. The van der Waals surface area contributed by atoms with Crippen molar-refractivity contribution >= 4 is 6.09 Å². The summed E-state index contributed by atoms with van der Waals surface area (Å²) in [5.74, 6) is 0.242. The fourth-order valence-electron chi connectivity index (χ4n) is 3.16. The Labute approximate surface area is 160 Å². The lowest BCUT2D eigenvalue weighted by Gasteiger charge is -2.31. The molecule has 2 aromatic rings. The summed E-state index contributed by atoms with van der Waals surface area (Å²) >= 11 is 0. The smallest absolute Gasteiger partial charge is 0.410 e. The van der Waals surface area contributed by atoms with Crippen molar-refractivity contribution in [2.75, 3.05) is 27.2 Å². The topological polar surface area (TPSA) is 54.9 Å². The van der Waals surface area contributed by atoms with Gasteiger partial charge in [0.25, 0.3) is 0 Å². The number of aromatic nitrogens is 1. The number of hydrogen-bond donors (Lipinski definition) is 0. The lowest BCUT2D eigenvalue weighted by atomic mass is 9.94. The molecule has 144 valence electrons. The van der Waals surface area contributed by atoms with E-state index >= 15 is 0 Å². The van der Waals surface area contributed by atoms with Gasteiger partial charge in [-0.2, -0.15) is 5.06 Å². The van der Waals surface area contributed by atoms with Crippen LogP contribution in [0.1, 0.15) is 35.6 Å². The second-order valence-electron chi connectivity index (χ2n) is 7.00. The van der Waals surface area contributed by atoms with Crippen LogP contribution < -0.4 is 0 Å². The lowest BCUT2D eigenvalue weighted by molar-refractivity contribution is -0.130. The number of likely N-dealkylation sites (tertiary alicyclic amines) is 1. The maximum absolute atomic E-state index is 12.4. The number of amides is 1. The Hall–Kier alpha value is -2.44. The van der Waals surface area contributed by atoms with E-state index < -0.39 is 0 Å². The summed E-state index contributed by atoms with van der Waals surface area (Å²) in [5.41, 5.74) is 3.04. The molecule has 0 bridgehead atoms. The van der Waals surface area contributed by atoms with Gasteiger partial charge in [0.1, 0.15) is 6.61 Å². The molecule has 1 unspecified atom stereocenters. The zero-order valence-electron chi connectivity index (χ0n) is 16.0. The SMILES string of the molecule is CN(C)OCc1ccc(C2CCCN(C(=O)OCc3ccccc3)C2)nc1. The second-order valence-corrected chi connectivity index (χ2v) is 7.00. The van der Waals surface area contributed by atoms with Gasteiger partial charge in [-0.1, -0.05) is 36.4 Å². The van der Waals surface area contributed by atoms with Crippen molar-refractivity contribution in [3.63, 3.8) is 0 Å². The molecule has 0 spiro atoms. The van der Waals surface area contributed by atoms with Gasteiger partial charge in [-0.05, 0) is 30.0 Å². The molecule has 6 heteroatoms. The Morgan fingerprint density at radius 2 is 1.96 bits per heavy atom. The number of piperidine rings is 1. The Morgan fingerprint density at radius 3 is 2.67 bits per heavy atom. The molecule has 27 heavy (non-hydrogen) atoms. The van der Waals surface area contributed by atoms with Gasteiger partial charge in [0, 0.05) is 45.0 Å². The van der Waals surface area contributed by atoms with E-state index in [1.807, 2.05) is 62.8 Å². The van der Waals surface area contributed by atoms with Gasteiger partial charge in [0.05, 0.1) is 6.61 Å². The third-order valence-electron chi connectivity index (χ3n) is 4.64. The summed E-state index contributed by atoms with van der Waals surface area (Å²) < 4.78 is 5.47. The zero-order chi connectivity index (χ0) is 19.1. The number of carbonyl (C=O) groups excluding carboxylic acids is 1. The van der Waals surface area contributed by atoms with Crippen molar-refractivity contribution in [1.29, 1.82) is 0 Å². The number of hydrogen-bond acceptors (Lipinski definition) is 5. The molecule has 0 aliphatic carbocycles. The number of rotatable bonds is 6. The van der Waals surface area contributed by atoms with Crippen LogP contribution in [0, 0.1) is 0 Å². The molecule has 1 fully saturated rings. The van der Waals surface area contributed by atoms with Gasteiger partial charge in [-0.15, -0.1) is 0 Å². The van der Waals surface area contributed by atoms with Gasteiger partial charge >= 0.3 is 6.09 Å². The molecule has 2 heterocycles. The molecule has 1 aromatic heterocycles. The van der Waals surface area contributed by atoms with Gasteiger partial charge < -0.3 is 9.64 Å². The molecule has 1 amide bonds. The molecular formula is C21H27N3O3. The number of carbonyl (C=O) groups is 1. The van der Waals surface area contributed by atoms with E-state index in [0.717, 1.165) is 36.2 Å². The minimum Gasteiger partial charge on any atom is -0.445 e. The highest BCUT2D eigenvalue weighted by atomic mass is 16.7. The van der Waals surface area contributed by atoms with Gasteiger partial charge in [0.15, 0.2) is 0 Å². The summed E-state index contributed by atoms with van der Waals surface area (Å²) in [6.45, 7) is 2.19. The number of nitrogens with zero attached hydrogens (tertiary/aromatic N) is 3. The average Bonchev–Trinajstić information content (AvgIpc) is 2.71. The predicted molar refractivity (Wildman–Crippen MR) is 103 cm³/mol. The van der Waals surface area contributed by atoms with E-state index in [-0.39, 0.29) is 12.0 Å². The standard InChI is InChI=1S/C21H27N3O3/c1-23(2)27-16-18-10-11-20(22-13-18)19-9-6-12-24(14-19)21(25)26-15-17-7-4-3-5-8-17/h3-5,7-8,10-11,13,19H,6,9,12,14-16H2,1-2H3. The van der Waals surface area contributed by atoms with E-state index in [0.29, 0.717) is 19.8 Å². The molecule has 1 aliphatic rings. The third kappa shape index (κ3) is 5.77. The maximum atomic E-state index is 12.4. The van der Waals surface area contributed by atoms with Crippen LogP contribution in [0.15, 0.2) is 48.7 Å². The molecule has 0 N–H and O–H groups in total. The van der Waals surface area contributed by atoms with E-state index in [2.05, 4.69) is 4.98 Å². The van der Waals surface area contributed by atoms with E-state index in [1.165, 1.54) is 0 Å². The summed E-state index contributed by atoms with van der Waals surface area (Å²) in [6.07, 6.45) is 3.59.